The second-order valence-corrected chi connectivity index (χ2v) is 6.39. The highest BCUT2D eigenvalue weighted by Gasteiger charge is 2.38. The van der Waals surface area contributed by atoms with Crippen molar-refractivity contribution in [3.63, 3.8) is 0 Å². The summed E-state index contributed by atoms with van der Waals surface area (Å²) in [6.07, 6.45) is -1.70. The van der Waals surface area contributed by atoms with Crippen LogP contribution in [-0.2, 0) is 9.53 Å². The molecule has 2 saturated heterocycles. The summed E-state index contributed by atoms with van der Waals surface area (Å²) < 4.78 is 32.3. The number of amides is 2. The van der Waals surface area contributed by atoms with Crippen LogP contribution in [0.4, 0.5) is 19.3 Å². The summed E-state index contributed by atoms with van der Waals surface area (Å²) in [6, 6.07) is 3.05. The second-order valence-electron chi connectivity index (χ2n) is 5.11. The van der Waals surface area contributed by atoms with Crippen molar-refractivity contribution in [1.29, 1.82) is 0 Å². The zero-order valence-electron chi connectivity index (χ0n) is 12.1. The Labute approximate surface area is 135 Å². The van der Waals surface area contributed by atoms with E-state index in [1.165, 1.54) is 22.7 Å². The van der Waals surface area contributed by atoms with Gasteiger partial charge in [0.05, 0.1) is 17.6 Å². The predicted molar refractivity (Wildman–Crippen MR) is 81.2 cm³/mol. The van der Waals surface area contributed by atoms with Gasteiger partial charge in [0.1, 0.15) is 11.6 Å². The van der Waals surface area contributed by atoms with Crippen molar-refractivity contribution in [3.05, 3.63) is 29.8 Å². The number of hydrogen-bond donors (Lipinski definition) is 2. The van der Waals surface area contributed by atoms with Crippen LogP contribution in [0.3, 0.4) is 0 Å². The fraction of sp³-hybridized carbons (Fsp3) is 0.429. The number of ether oxygens (including phenoxy) is 1. The van der Waals surface area contributed by atoms with Crippen LogP contribution in [0.2, 0.25) is 0 Å². The standard InChI is InChI=1S/C14H15F2N3O3S/c15-8-1-2-10(9(16)5-8)19(12-7-17-3-4-23-12)13(20)11-6-18-14(21)22-11/h1-2,5,11-12,17H,3-4,6-7H2,(H,18,21). The minimum absolute atomic E-state index is 0.0273. The molecule has 2 unspecified atom stereocenters. The lowest BCUT2D eigenvalue weighted by Crippen LogP contribution is -2.51. The van der Waals surface area contributed by atoms with E-state index in [0.717, 1.165) is 24.4 Å². The van der Waals surface area contributed by atoms with E-state index in [1.807, 2.05) is 0 Å². The molecule has 23 heavy (non-hydrogen) atoms. The maximum absolute atomic E-state index is 14.2. The molecule has 2 aliphatic heterocycles. The largest absolute Gasteiger partial charge is 0.434 e. The van der Waals surface area contributed by atoms with E-state index in [-0.39, 0.29) is 17.6 Å². The topological polar surface area (TPSA) is 70.7 Å². The molecule has 6 nitrogen and oxygen atoms in total. The Kier molecular flexibility index (Phi) is 4.67. The summed E-state index contributed by atoms with van der Waals surface area (Å²) in [5, 5.41) is 5.17. The third-order valence-electron chi connectivity index (χ3n) is 3.56. The number of halogens is 2. The number of carbonyl (C=O) groups is 2. The molecular weight excluding hydrogens is 328 g/mol. The van der Waals surface area contributed by atoms with Crippen molar-refractivity contribution < 1.29 is 23.1 Å². The summed E-state index contributed by atoms with van der Waals surface area (Å²) in [7, 11) is 0. The molecule has 2 aliphatic rings. The summed E-state index contributed by atoms with van der Waals surface area (Å²) in [5.74, 6) is -1.33. The lowest BCUT2D eigenvalue weighted by molar-refractivity contribution is -0.125. The van der Waals surface area contributed by atoms with E-state index >= 15 is 0 Å². The van der Waals surface area contributed by atoms with Gasteiger partial charge >= 0.3 is 6.09 Å². The lowest BCUT2D eigenvalue weighted by Gasteiger charge is -2.35. The highest BCUT2D eigenvalue weighted by Crippen LogP contribution is 2.29. The van der Waals surface area contributed by atoms with Gasteiger partial charge in [0.25, 0.3) is 5.91 Å². The normalized spacial score (nSPS) is 24.0. The molecule has 0 aliphatic carbocycles. The van der Waals surface area contributed by atoms with E-state index in [1.54, 1.807) is 0 Å². The number of carbonyl (C=O) groups excluding carboxylic acids is 2. The molecule has 2 heterocycles. The van der Waals surface area contributed by atoms with E-state index in [0.29, 0.717) is 6.54 Å². The first kappa shape index (κ1) is 16.0. The SMILES string of the molecule is O=C1NCC(C(=O)N(c2ccc(F)cc2F)C2CNCCS2)O1. The summed E-state index contributed by atoms with van der Waals surface area (Å²) in [4.78, 5) is 25.1. The highest BCUT2D eigenvalue weighted by molar-refractivity contribution is 8.00. The number of nitrogens with one attached hydrogen (secondary N) is 2. The number of rotatable bonds is 3. The number of alkyl carbamates (subject to hydrolysis) is 1. The van der Waals surface area contributed by atoms with Gasteiger partial charge in [-0.1, -0.05) is 0 Å². The third kappa shape index (κ3) is 3.40. The molecule has 2 amide bonds. The summed E-state index contributed by atoms with van der Waals surface area (Å²) in [6.45, 7) is 1.28. The molecule has 2 fully saturated rings. The number of benzene rings is 1. The van der Waals surface area contributed by atoms with Gasteiger partial charge in [-0.05, 0) is 12.1 Å². The Balaban J connectivity index is 1.92. The number of hydrogen-bond acceptors (Lipinski definition) is 5. The van der Waals surface area contributed by atoms with Crippen molar-refractivity contribution in [2.45, 2.75) is 11.5 Å². The number of nitrogens with zero attached hydrogens (tertiary/aromatic N) is 1. The Morgan fingerprint density at radius 1 is 1.35 bits per heavy atom. The number of thioether (sulfide) groups is 1. The van der Waals surface area contributed by atoms with Crippen molar-refractivity contribution >= 4 is 29.4 Å². The molecule has 0 bridgehead atoms. The molecule has 1 aromatic carbocycles. The molecule has 0 radical (unpaired) electrons. The van der Waals surface area contributed by atoms with Gasteiger partial charge in [-0.15, -0.1) is 11.8 Å². The van der Waals surface area contributed by atoms with Crippen LogP contribution in [0, 0.1) is 11.6 Å². The quantitative estimate of drug-likeness (QED) is 0.859. The van der Waals surface area contributed by atoms with E-state index < -0.39 is 29.7 Å². The monoisotopic (exact) mass is 343 g/mol. The van der Waals surface area contributed by atoms with Crippen LogP contribution < -0.4 is 15.5 Å². The Bertz CT molecular complexity index is 625. The van der Waals surface area contributed by atoms with Crippen molar-refractivity contribution in [3.8, 4) is 0 Å². The van der Waals surface area contributed by atoms with Gasteiger partial charge in [0.2, 0.25) is 0 Å². The zero-order chi connectivity index (χ0) is 16.4. The van der Waals surface area contributed by atoms with Crippen LogP contribution in [0.1, 0.15) is 0 Å². The molecule has 0 spiro atoms. The Morgan fingerprint density at radius 3 is 2.78 bits per heavy atom. The highest BCUT2D eigenvalue weighted by atomic mass is 32.2. The number of anilines is 1. The van der Waals surface area contributed by atoms with Crippen LogP contribution in [0.15, 0.2) is 18.2 Å². The molecular formula is C14H15F2N3O3S. The van der Waals surface area contributed by atoms with Gasteiger partial charge in [-0.25, -0.2) is 13.6 Å². The van der Waals surface area contributed by atoms with Crippen molar-refractivity contribution in [1.82, 2.24) is 10.6 Å². The van der Waals surface area contributed by atoms with E-state index in [9.17, 15) is 18.4 Å². The van der Waals surface area contributed by atoms with Crippen molar-refractivity contribution in [2.75, 3.05) is 30.3 Å². The van der Waals surface area contributed by atoms with Gasteiger partial charge in [0.15, 0.2) is 6.10 Å². The minimum atomic E-state index is -1.02. The molecule has 124 valence electrons. The van der Waals surface area contributed by atoms with Gasteiger partial charge in [-0.3, -0.25) is 9.69 Å². The zero-order valence-corrected chi connectivity index (χ0v) is 12.9. The molecule has 0 aromatic heterocycles. The van der Waals surface area contributed by atoms with Gasteiger partial charge in [0, 0.05) is 24.9 Å². The molecule has 0 saturated carbocycles. The van der Waals surface area contributed by atoms with Crippen LogP contribution >= 0.6 is 11.8 Å². The molecule has 1 aromatic rings. The molecule has 3 rings (SSSR count). The molecule has 2 N–H and O–H groups in total. The lowest BCUT2D eigenvalue weighted by atomic mass is 10.2. The van der Waals surface area contributed by atoms with Crippen LogP contribution in [0.25, 0.3) is 0 Å². The summed E-state index contributed by atoms with van der Waals surface area (Å²) >= 11 is 1.49. The molecule has 9 heteroatoms. The first-order valence-electron chi connectivity index (χ1n) is 7.11. The Hall–Kier alpha value is -1.87. The smallest absolute Gasteiger partial charge is 0.408 e. The van der Waals surface area contributed by atoms with Gasteiger partial charge in [-0.2, -0.15) is 0 Å². The third-order valence-corrected chi connectivity index (χ3v) is 4.76. The minimum Gasteiger partial charge on any atom is -0.434 e. The first-order valence-corrected chi connectivity index (χ1v) is 8.16. The van der Waals surface area contributed by atoms with Crippen LogP contribution in [-0.4, -0.2) is 48.9 Å². The first-order chi connectivity index (χ1) is 11.1. The van der Waals surface area contributed by atoms with Crippen LogP contribution in [0.5, 0.6) is 0 Å². The van der Waals surface area contributed by atoms with Gasteiger partial charge < -0.3 is 15.4 Å². The maximum Gasteiger partial charge on any atom is 0.408 e. The fourth-order valence-corrected chi connectivity index (χ4v) is 3.63. The second kappa shape index (κ2) is 6.71. The Morgan fingerprint density at radius 2 is 2.17 bits per heavy atom. The summed E-state index contributed by atoms with van der Waals surface area (Å²) in [5.41, 5.74) is -0.0273. The fourth-order valence-electron chi connectivity index (χ4n) is 2.49. The average molecular weight is 343 g/mol. The van der Waals surface area contributed by atoms with E-state index in [4.69, 9.17) is 4.74 Å². The molecule has 2 atom stereocenters. The maximum atomic E-state index is 14.2. The van der Waals surface area contributed by atoms with Crippen molar-refractivity contribution in [2.24, 2.45) is 0 Å². The predicted octanol–water partition coefficient (Wildman–Crippen LogP) is 1.07. The van der Waals surface area contributed by atoms with E-state index in [2.05, 4.69) is 10.6 Å². The number of cyclic esters (lactones) is 1. The average Bonchev–Trinajstić information content (AvgIpc) is 2.97.